The molecule has 0 bridgehead atoms. The lowest BCUT2D eigenvalue weighted by atomic mass is 10.1. The van der Waals surface area contributed by atoms with Crippen LogP contribution in [0.15, 0.2) is 29.3 Å². The molecule has 1 aromatic carbocycles. The summed E-state index contributed by atoms with van der Waals surface area (Å²) in [6.45, 7) is 5.42. The third-order valence-electron chi connectivity index (χ3n) is 5.26. The fourth-order valence-electron chi connectivity index (χ4n) is 3.61. The van der Waals surface area contributed by atoms with Gasteiger partial charge in [-0.2, -0.15) is 24.9 Å². The highest BCUT2D eigenvalue weighted by atomic mass is 127. The van der Waals surface area contributed by atoms with E-state index in [2.05, 4.69) is 20.5 Å². The highest BCUT2D eigenvalue weighted by molar-refractivity contribution is 14.0. The summed E-state index contributed by atoms with van der Waals surface area (Å²) in [4.78, 5) is 6.81. The lowest BCUT2D eigenvalue weighted by molar-refractivity contribution is -0.137. The number of halogens is 4. The van der Waals surface area contributed by atoms with Gasteiger partial charge >= 0.3 is 6.18 Å². The van der Waals surface area contributed by atoms with Crippen molar-refractivity contribution in [1.82, 2.24) is 15.5 Å². The third-order valence-corrected chi connectivity index (χ3v) is 6.49. The predicted octanol–water partition coefficient (Wildman–Crippen LogP) is 3.32. The zero-order valence-corrected chi connectivity index (χ0v) is 20.2. The number of thioether (sulfide) groups is 1. The molecule has 0 aliphatic carbocycles. The Bertz CT molecular complexity index is 696. The van der Waals surface area contributed by atoms with Gasteiger partial charge in [0.05, 0.1) is 17.7 Å². The molecule has 30 heavy (non-hydrogen) atoms. The first-order valence-corrected chi connectivity index (χ1v) is 11.2. The highest BCUT2D eigenvalue weighted by Crippen LogP contribution is 2.29. The first kappa shape index (κ1) is 25.5. The average Bonchev–Trinajstić information content (AvgIpc) is 3.29. The van der Waals surface area contributed by atoms with Gasteiger partial charge in [-0.25, -0.2) is 0 Å². The lowest BCUT2D eigenvalue weighted by Crippen LogP contribution is -2.45. The van der Waals surface area contributed by atoms with Crippen molar-refractivity contribution < 1.29 is 18.3 Å². The molecule has 0 radical (unpaired) electrons. The van der Waals surface area contributed by atoms with E-state index >= 15 is 0 Å². The molecule has 2 saturated heterocycles. The normalized spacial score (nSPS) is 25.2. The van der Waals surface area contributed by atoms with Gasteiger partial charge in [0.1, 0.15) is 0 Å². The molecule has 0 spiro atoms. The SMILES string of the molecule is CCNC(=NCC1(O)CCSC1)NC1CCN(Cc2ccc(C(F)(F)F)cc2)C1.I. The molecule has 2 heterocycles. The van der Waals surface area contributed by atoms with Crippen LogP contribution in [0.1, 0.15) is 30.9 Å². The molecule has 3 rings (SSSR count). The Balaban J connectivity index is 0.00000320. The van der Waals surface area contributed by atoms with Gasteiger partial charge in [-0.3, -0.25) is 9.89 Å². The van der Waals surface area contributed by atoms with Crippen LogP contribution in [-0.2, 0) is 12.7 Å². The van der Waals surface area contributed by atoms with Crippen LogP contribution >= 0.6 is 35.7 Å². The second kappa shape index (κ2) is 11.2. The summed E-state index contributed by atoms with van der Waals surface area (Å²) in [5, 5.41) is 17.1. The first-order valence-electron chi connectivity index (χ1n) is 10.0. The van der Waals surface area contributed by atoms with E-state index in [0.717, 1.165) is 61.7 Å². The minimum Gasteiger partial charge on any atom is -0.387 e. The number of alkyl halides is 3. The summed E-state index contributed by atoms with van der Waals surface area (Å²) in [6.07, 6.45) is -2.59. The fourth-order valence-corrected chi connectivity index (χ4v) is 4.90. The molecule has 170 valence electrons. The standard InChI is InChI=1S/C20H29F3N4OS.HI/c1-2-24-18(25-13-19(28)8-10-29-14-19)26-17-7-9-27(12-17)11-15-3-5-16(6-4-15)20(21,22)23;/h3-6,17,28H,2,7-14H2,1H3,(H2,24,25,26);1H. The van der Waals surface area contributed by atoms with Crippen molar-refractivity contribution in [1.29, 1.82) is 0 Å². The number of rotatable bonds is 6. The summed E-state index contributed by atoms with van der Waals surface area (Å²) in [6, 6.07) is 5.60. The highest BCUT2D eigenvalue weighted by Gasteiger charge is 2.32. The van der Waals surface area contributed by atoms with Crippen molar-refractivity contribution in [2.45, 2.75) is 44.1 Å². The number of nitrogens with zero attached hydrogens (tertiary/aromatic N) is 2. The summed E-state index contributed by atoms with van der Waals surface area (Å²) >= 11 is 1.75. The van der Waals surface area contributed by atoms with Crippen LogP contribution in [0.5, 0.6) is 0 Å². The molecule has 2 aliphatic rings. The van der Waals surface area contributed by atoms with E-state index < -0.39 is 17.3 Å². The molecule has 5 nitrogen and oxygen atoms in total. The van der Waals surface area contributed by atoms with Gasteiger partial charge < -0.3 is 15.7 Å². The maximum absolute atomic E-state index is 12.7. The number of nitrogens with one attached hydrogen (secondary N) is 2. The molecule has 2 unspecified atom stereocenters. The van der Waals surface area contributed by atoms with Gasteiger partial charge in [0.15, 0.2) is 5.96 Å². The van der Waals surface area contributed by atoms with Crippen molar-refractivity contribution >= 4 is 41.7 Å². The Kier molecular flexibility index (Phi) is 9.57. The van der Waals surface area contributed by atoms with Crippen LogP contribution < -0.4 is 10.6 Å². The summed E-state index contributed by atoms with van der Waals surface area (Å²) in [5.41, 5.74) is -0.451. The summed E-state index contributed by atoms with van der Waals surface area (Å²) in [7, 11) is 0. The number of benzene rings is 1. The average molecular weight is 558 g/mol. The largest absolute Gasteiger partial charge is 0.416 e. The minimum atomic E-state index is -4.30. The Morgan fingerprint density at radius 1 is 1.33 bits per heavy atom. The number of guanidine groups is 1. The van der Waals surface area contributed by atoms with Crippen LogP contribution in [-0.4, -0.2) is 65.3 Å². The number of hydrogen-bond donors (Lipinski definition) is 3. The van der Waals surface area contributed by atoms with Crippen LogP contribution in [0, 0.1) is 0 Å². The Morgan fingerprint density at radius 2 is 2.07 bits per heavy atom. The van der Waals surface area contributed by atoms with E-state index in [1.807, 2.05) is 6.92 Å². The van der Waals surface area contributed by atoms with Crippen molar-refractivity contribution in [3.63, 3.8) is 0 Å². The van der Waals surface area contributed by atoms with E-state index in [9.17, 15) is 18.3 Å². The second-order valence-corrected chi connectivity index (χ2v) is 8.89. The number of hydrogen-bond acceptors (Lipinski definition) is 4. The van der Waals surface area contributed by atoms with Gasteiger partial charge in [0.2, 0.25) is 0 Å². The van der Waals surface area contributed by atoms with Crippen LogP contribution in [0.3, 0.4) is 0 Å². The zero-order chi connectivity index (χ0) is 20.9. The topological polar surface area (TPSA) is 59.9 Å². The molecule has 2 fully saturated rings. The molecule has 0 saturated carbocycles. The van der Waals surface area contributed by atoms with Gasteiger partial charge in [-0.15, -0.1) is 24.0 Å². The van der Waals surface area contributed by atoms with E-state index in [-0.39, 0.29) is 30.0 Å². The smallest absolute Gasteiger partial charge is 0.387 e. The maximum Gasteiger partial charge on any atom is 0.416 e. The second-order valence-electron chi connectivity index (χ2n) is 7.78. The predicted molar refractivity (Wildman–Crippen MR) is 127 cm³/mol. The number of aliphatic hydroxyl groups is 1. The minimum absolute atomic E-state index is 0. The van der Waals surface area contributed by atoms with Crippen molar-refractivity contribution in [3.05, 3.63) is 35.4 Å². The molecule has 3 N–H and O–H groups in total. The Morgan fingerprint density at radius 3 is 2.67 bits per heavy atom. The fraction of sp³-hybridized carbons (Fsp3) is 0.650. The number of likely N-dealkylation sites (tertiary alicyclic amines) is 1. The van der Waals surface area contributed by atoms with Gasteiger partial charge in [-0.05, 0) is 43.2 Å². The maximum atomic E-state index is 12.7. The molecule has 0 aromatic heterocycles. The van der Waals surface area contributed by atoms with Crippen LogP contribution in [0.25, 0.3) is 0 Å². The Hall–Kier alpha value is -0.720. The molecule has 1 aromatic rings. The number of aliphatic imine (C=N–C) groups is 1. The molecule has 2 atom stereocenters. The van der Waals surface area contributed by atoms with Crippen molar-refractivity contribution in [2.75, 3.05) is 37.7 Å². The molecular weight excluding hydrogens is 528 g/mol. The van der Waals surface area contributed by atoms with Gasteiger partial charge in [0, 0.05) is 38.0 Å². The van der Waals surface area contributed by atoms with Crippen LogP contribution in [0.2, 0.25) is 0 Å². The first-order chi connectivity index (χ1) is 13.8. The zero-order valence-electron chi connectivity index (χ0n) is 17.0. The van der Waals surface area contributed by atoms with Gasteiger partial charge in [0.25, 0.3) is 0 Å². The molecular formula is C20H30F3IN4OS. The van der Waals surface area contributed by atoms with Crippen molar-refractivity contribution in [2.24, 2.45) is 4.99 Å². The summed E-state index contributed by atoms with van der Waals surface area (Å²) < 4.78 is 38.1. The quantitative estimate of drug-likeness (QED) is 0.284. The van der Waals surface area contributed by atoms with E-state index in [0.29, 0.717) is 19.0 Å². The Labute approximate surface area is 197 Å². The molecule has 0 amide bonds. The van der Waals surface area contributed by atoms with Crippen molar-refractivity contribution in [3.8, 4) is 0 Å². The molecule has 10 heteroatoms. The van der Waals surface area contributed by atoms with E-state index in [1.165, 1.54) is 0 Å². The monoisotopic (exact) mass is 558 g/mol. The van der Waals surface area contributed by atoms with E-state index in [1.54, 1.807) is 23.9 Å². The lowest BCUT2D eigenvalue weighted by Gasteiger charge is -2.22. The van der Waals surface area contributed by atoms with E-state index in [4.69, 9.17) is 0 Å². The van der Waals surface area contributed by atoms with Crippen LogP contribution in [0.4, 0.5) is 13.2 Å². The third kappa shape index (κ3) is 7.45. The molecule has 2 aliphatic heterocycles. The summed E-state index contributed by atoms with van der Waals surface area (Å²) in [5.74, 6) is 2.40. The van der Waals surface area contributed by atoms with Gasteiger partial charge in [-0.1, -0.05) is 12.1 Å².